The zero-order valence-electron chi connectivity index (χ0n) is 11.1. The number of hydrogen-bond acceptors (Lipinski definition) is 4. The smallest absolute Gasteiger partial charge is 0.143 e. The molecule has 0 saturated carbocycles. The summed E-state index contributed by atoms with van der Waals surface area (Å²) in [5.74, 6) is 0.276. The van der Waals surface area contributed by atoms with Crippen molar-refractivity contribution in [2.75, 3.05) is 11.4 Å². The van der Waals surface area contributed by atoms with Crippen molar-refractivity contribution in [3.8, 4) is 6.07 Å². The molecule has 1 aliphatic rings. The molecule has 20 heavy (non-hydrogen) atoms. The molecule has 1 aliphatic heterocycles. The molecule has 0 radical (unpaired) electrons. The van der Waals surface area contributed by atoms with E-state index in [4.69, 9.17) is 9.78 Å². The lowest BCUT2D eigenvalue weighted by molar-refractivity contribution is 0.385. The number of hydrogen-bond donors (Lipinski definition) is 0. The summed E-state index contributed by atoms with van der Waals surface area (Å²) >= 11 is 0. The molecule has 0 amide bonds. The van der Waals surface area contributed by atoms with E-state index in [0.29, 0.717) is 5.69 Å². The summed E-state index contributed by atoms with van der Waals surface area (Å²) in [6, 6.07) is 8.63. The number of halogens is 1. The molecule has 5 heteroatoms. The highest BCUT2D eigenvalue weighted by Gasteiger charge is 2.30. The standard InChI is InChI=1S/C15H14FN3O/c1-10-8-13(18-20-10)15-6-3-7-19(15)14-5-2-4-12(16)11(14)9-17/h2,4-5,8,15H,3,6-7H2,1H3. The number of benzene rings is 1. The Morgan fingerprint density at radius 1 is 1.50 bits per heavy atom. The highest BCUT2D eigenvalue weighted by Crippen LogP contribution is 2.37. The first-order valence-corrected chi connectivity index (χ1v) is 6.59. The van der Waals surface area contributed by atoms with Crippen molar-refractivity contribution in [3.63, 3.8) is 0 Å². The van der Waals surface area contributed by atoms with Crippen LogP contribution in [0.3, 0.4) is 0 Å². The third-order valence-electron chi connectivity index (χ3n) is 3.65. The Labute approximate surface area is 116 Å². The molecule has 3 rings (SSSR count). The van der Waals surface area contributed by atoms with Crippen LogP contribution in [0.5, 0.6) is 0 Å². The second-order valence-corrected chi connectivity index (χ2v) is 4.96. The summed E-state index contributed by atoms with van der Waals surface area (Å²) < 4.78 is 18.9. The average Bonchev–Trinajstić information content (AvgIpc) is 3.06. The van der Waals surface area contributed by atoms with Crippen LogP contribution in [0.4, 0.5) is 10.1 Å². The normalized spacial score (nSPS) is 18.2. The van der Waals surface area contributed by atoms with Crippen LogP contribution < -0.4 is 4.90 Å². The van der Waals surface area contributed by atoms with Gasteiger partial charge in [0.15, 0.2) is 0 Å². The molecule has 2 heterocycles. The lowest BCUT2D eigenvalue weighted by Crippen LogP contribution is -2.24. The van der Waals surface area contributed by atoms with Crippen molar-refractivity contribution in [1.82, 2.24) is 5.16 Å². The van der Waals surface area contributed by atoms with Gasteiger partial charge in [-0.1, -0.05) is 11.2 Å². The second-order valence-electron chi connectivity index (χ2n) is 4.96. The van der Waals surface area contributed by atoms with Crippen molar-refractivity contribution in [2.45, 2.75) is 25.8 Å². The van der Waals surface area contributed by atoms with E-state index in [2.05, 4.69) is 5.16 Å². The van der Waals surface area contributed by atoms with E-state index in [1.54, 1.807) is 12.1 Å². The van der Waals surface area contributed by atoms with Crippen LogP contribution in [-0.2, 0) is 0 Å². The zero-order valence-corrected chi connectivity index (χ0v) is 11.1. The van der Waals surface area contributed by atoms with Gasteiger partial charge in [-0.25, -0.2) is 4.39 Å². The molecule has 102 valence electrons. The van der Waals surface area contributed by atoms with Crippen molar-refractivity contribution < 1.29 is 8.91 Å². The van der Waals surface area contributed by atoms with E-state index in [1.807, 2.05) is 24.0 Å². The van der Waals surface area contributed by atoms with E-state index in [9.17, 15) is 4.39 Å². The molecule has 1 aromatic heterocycles. The van der Waals surface area contributed by atoms with Gasteiger partial charge < -0.3 is 9.42 Å². The van der Waals surface area contributed by atoms with Gasteiger partial charge in [-0.05, 0) is 31.9 Å². The second kappa shape index (κ2) is 4.97. The molecule has 0 spiro atoms. The van der Waals surface area contributed by atoms with E-state index in [-0.39, 0.29) is 11.6 Å². The average molecular weight is 271 g/mol. The van der Waals surface area contributed by atoms with Crippen LogP contribution in [0, 0.1) is 24.1 Å². The molecular weight excluding hydrogens is 257 g/mol. The van der Waals surface area contributed by atoms with E-state index in [1.165, 1.54) is 6.07 Å². The predicted octanol–water partition coefficient (Wildman–Crippen LogP) is 3.34. The summed E-state index contributed by atoms with van der Waals surface area (Å²) in [4.78, 5) is 2.04. The minimum absolute atomic E-state index is 0.0429. The lowest BCUT2D eigenvalue weighted by atomic mass is 10.1. The molecule has 1 unspecified atom stereocenters. The van der Waals surface area contributed by atoms with Crippen LogP contribution in [-0.4, -0.2) is 11.7 Å². The molecular formula is C15H14FN3O. The maximum Gasteiger partial charge on any atom is 0.143 e. The highest BCUT2D eigenvalue weighted by atomic mass is 19.1. The molecule has 1 fully saturated rings. The number of rotatable bonds is 2. The number of nitriles is 1. The number of aryl methyl sites for hydroxylation is 1. The van der Waals surface area contributed by atoms with Crippen molar-refractivity contribution in [3.05, 3.63) is 47.1 Å². The number of nitrogens with zero attached hydrogens (tertiary/aromatic N) is 3. The molecule has 0 bridgehead atoms. The van der Waals surface area contributed by atoms with Crippen molar-refractivity contribution in [2.24, 2.45) is 0 Å². The topological polar surface area (TPSA) is 53.1 Å². The predicted molar refractivity (Wildman–Crippen MR) is 71.7 cm³/mol. The first-order valence-electron chi connectivity index (χ1n) is 6.59. The Hall–Kier alpha value is -2.35. The Morgan fingerprint density at radius 3 is 3.05 bits per heavy atom. The monoisotopic (exact) mass is 271 g/mol. The van der Waals surface area contributed by atoms with Crippen LogP contribution >= 0.6 is 0 Å². The van der Waals surface area contributed by atoms with Gasteiger partial charge in [0.05, 0.1) is 11.7 Å². The maximum atomic E-state index is 13.8. The Bertz CT molecular complexity index is 674. The summed E-state index contributed by atoms with van der Waals surface area (Å²) in [6.07, 6.45) is 1.91. The Balaban J connectivity index is 2.01. The number of anilines is 1. The largest absolute Gasteiger partial charge is 0.362 e. The summed E-state index contributed by atoms with van der Waals surface area (Å²) in [7, 11) is 0. The van der Waals surface area contributed by atoms with Crippen LogP contribution in [0.25, 0.3) is 0 Å². The van der Waals surface area contributed by atoms with Gasteiger partial charge in [0.2, 0.25) is 0 Å². The quantitative estimate of drug-likeness (QED) is 0.840. The number of aromatic nitrogens is 1. The van der Waals surface area contributed by atoms with Gasteiger partial charge in [0, 0.05) is 12.6 Å². The van der Waals surface area contributed by atoms with Gasteiger partial charge in [-0.2, -0.15) is 5.26 Å². The molecule has 1 saturated heterocycles. The van der Waals surface area contributed by atoms with E-state index >= 15 is 0 Å². The van der Waals surface area contributed by atoms with Crippen LogP contribution in [0.2, 0.25) is 0 Å². The fourth-order valence-electron chi connectivity index (χ4n) is 2.77. The van der Waals surface area contributed by atoms with E-state index in [0.717, 1.165) is 30.8 Å². The lowest BCUT2D eigenvalue weighted by Gasteiger charge is -2.26. The highest BCUT2D eigenvalue weighted by molar-refractivity contribution is 5.61. The molecule has 1 aromatic carbocycles. The molecule has 4 nitrogen and oxygen atoms in total. The van der Waals surface area contributed by atoms with Crippen molar-refractivity contribution >= 4 is 5.69 Å². The Kier molecular flexibility index (Phi) is 3.15. The molecule has 0 N–H and O–H groups in total. The summed E-state index contributed by atoms with van der Waals surface area (Å²) in [6.45, 7) is 2.63. The fourth-order valence-corrected chi connectivity index (χ4v) is 2.77. The van der Waals surface area contributed by atoms with Gasteiger partial charge in [0.25, 0.3) is 0 Å². The first-order chi connectivity index (χ1) is 9.70. The van der Waals surface area contributed by atoms with Gasteiger partial charge >= 0.3 is 0 Å². The van der Waals surface area contributed by atoms with Crippen LogP contribution in [0.15, 0.2) is 28.8 Å². The molecule has 1 atom stereocenters. The maximum absolute atomic E-state index is 13.8. The van der Waals surface area contributed by atoms with Crippen LogP contribution in [0.1, 0.15) is 35.9 Å². The van der Waals surface area contributed by atoms with E-state index < -0.39 is 5.82 Å². The SMILES string of the molecule is Cc1cc(C2CCCN2c2cccc(F)c2C#N)no1. The Morgan fingerprint density at radius 2 is 2.35 bits per heavy atom. The zero-order chi connectivity index (χ0) is 14.1. The van der Waals surface area contributed by atoms with Crippen molar-refractivity contribution in [1.29, 1.82) is 5.26 Å². The van der Waals surface area contributed by atoms with Gasteiger partial charge in [-0.3, -0.25) is 0 Å². The third kappa shape index (κ3) is 2.03. The third-order valence-corrected chi connectivity index (χ3v) is 3.65. The molecule has 0 aliphatic carbocycles. The fraction of sp³-hybridized carbons (Fsp3) is 0.333. The minimum atomic E-state index is -0.480. The summed E-state index contributed by atoms with van der Waals surface area (Å²) in [5, 5.41) is 13.2. The first kappa shape index (κ1) is 12.7. The minimum Gasteiger partial charge on any atom is -0.362 e. The van der Waals surface area contributed by atoms with Gasteiger partial charge in [0.1, 0.15) is 28.9 Å². The molecule has 2 aromatic rings. The van der Waals surface area contributed by atoms with Gasteiger partial charge in [-0.15, -0.1) is 0 Å². The summed E-state index contributed by atoms with van der Waals surface area (Å²) in [5.41, 5.74) is 1.57.